The van der Waals surface area contributed by atoms with Crippen LogP contribution < -0.4 is 11.2 Å². The highest BCUT2D eigenvalue weighted by Crippen LogP contribution is 2.44. The third kappa shape index (κ3) is 5.00. The first-order chi connectivity index (χ1) is 15.0. The van der Waals surface area contributed by atoms with Crippen LogP contribution in [0, 0.1) is 0 Å². The van der Waals surface area contributed by atoms with Crippen molar-refractivity contribution in [1.29, 1.82) is 0 Å². The van der Waals surface area contributed by atoms with E-state index in [1.807, 2.05) is 30.3 Å². The zero-order valence-corrected chi connectivity index (χ0v) is 18.2. The minimum atomic E-state index is -4.74. The molecule has 0 amide bonds. The maximum atomic E-state index is 12.6. The molecule has 2 aliphatic heterocycles. The van der Waals surface area contributed by atoms with E-state index in [1.165, 1.54) is 10.8 Å². The lowest BCUT2D eigenvalue weighted by Gasteiger charge is -2.25. The summed E-state index contributed by atoms with van der Waals surface area (Å²) in [6.45, 7) is 2.88. The topological polar surface area (TPSA) is 149 Å². The molecule has 2 aromatic rings. The van der Waals surface area contributed by atoms with Crippen molar-refractivity contribution >= 4 is 20.0 Å². The molecule has 11 nitrogen and oxygen atoms in total. The number of hydrogen-bond donors (Lipinski definition) is 3. The second kappa shape index (κ2) is 8.53. The highest BCUT2D eigenvalue weighted by Gasteiger charge is 2.56. The summed E-state index contributed by atoms with van der Waals surface area (Å²) in [5, 5.41) is 0. The third-order valence-electron chi connectivity index (χ3n) is 5.06. The van der Waals surface area contributed by atoms with E-state index in [0.29, 0.717) is 0 Å². The molecule has 0 spiro atoms. The molecule has 0 unspecified atom stereocenters. The quantitative estimate of drug-likeness (QED) is 0.534. The Kier molecular flexibility index (Phi) is 6.08. The van der Waals surface area contributed by atoms with Gasteiger partial charge in [0.05, 0.1) is 12.2 Å². The minimum absolute atomic E-state index is 0.210. The van der Waals surface area contributed by atoms with Gasteiger partial charge in [0.15, 0.2) is 12.0 Å². The van der Waals surface area contributed by atoms with Gasteiger partial charge in [-0.15, -0.1) is 0 Å². The van der Waals surface area contributed by atoms with Crippen molar-refractivity contribution in [3.05, 3.63) is 68.5 Å². The number of H-pyrrole nitrogens is 1. The zero-order valence-electron chi connectivity index (χ0n) is 17.3. The normalized spacial score (nSPS) is 27.1. The monoisotopic (exact) mass is 466 g/mol. The van der Waals surface area contributed by atoms with Crippen LogP contribution in [0.1, 0.15) is 31.2 Å². The summed E-state index contributed by atoms with van der Waals surface area (Å²) in [4.78, 5) is 45.2. The largest absolute Gasteiger partial charge is 0.469 e. The SMILES string of the molecule is CC1(C)O[C@@H]2[C@H](O1)[C@@H](COP(=O)(O)O)O[C@H]2n1cc(C=Cc2ccccc2)c(=O)[nH]c1=O. The Bertz CT molecular complexity index is 1170. The molecule has 32 heavy (non-hydrogen) atoms. The van der Waals surface area contributed by atoms with Gasteiger partial charge < -0.3 is 24.0 Å². The summed E-state index contributed by atoms with van der Waals surface area (Å²) in [6, 6.07) is 9.31. The van der Waals surface area contributed by atoms with Gasteiger partial charge >= 0.3 is 13.5 Å². The Morgan fingerprint density at radius 3 is 2.53 bits per heavy atom. The summed E-state index contributed by atoms with van der Waals surface area (Å²) in [7, 11) is -4.74. The average molecular weight is 466 g/mol. The standard InChI is InChI=1S/C20H23N2O9P/c1-20(2)30-15-14(11-28-32(25,26)27)29-18(16(15)31-20)22-10-13(17(23)21-19(22)24)9-8-12-6-4-3-5-7-12/h3-10,14-16,18H,11H2,1-2H3,(H,21,23,24)(H2,25,26,27)/t14-,15-,16-,18-/m1/s1. The fourth-order valence-corrected chi connectivity index (χ4v) is 4.09. The van der Waals surface area contributed by atoms with Gasteiger partial charge in [-0.3, -0.25) is 18.9 Å². The van der Waals surface area contributed by atoms with E-state index in [9.17, 15) is 14.2 Å². The van der Waals surface area contributed by atoms with Gasteiger partial charge in [-0.1, -0.05) is 36.4 Å². The van der Waals surface area contributed by atoms with E-state index in [0.717, 1.165) is 5.56 Å². The molecule has 1 aromatic heterocycles. The second-order valence-corrected chi connectivity index (χ2v) is 9.15. The Morgan fingerprint density at radius 2 is 1.84 bits per heavy atom. The summed E-state index contributed by atoms with van der Waals surface area (Å²) < 4.78 is 34.4. The number of hydrogen-bond acceptors (Lipinski definition) is 7. The predicted octanol–water partition coefficient (Wildman–Crippen LogP) is 1.23. The van der Waals surface area contributed by atoms with Gasteiger partial charge in [0.2, 0.25) is 0 Å². The number of nitrogens with one attached hydrogen (secondary N) is 1. The van der Waals surface area contributed by atoms with Crippen molar-refractivity contribution in [2.24, 2.45) is 0 Å². The molecule has 2 saturated heterocycles. The van der Waals surface area contributed by atoms with Crippen LogP contribution in [0.4, 0.5) is 0 Å². The minimum Gasteiger partial charge on any atom is -0.346 e. The van der Waals surface area contributed by atoms with E-state index < -0.39 is 56.0 Å². The molecular formula is C20H23N2O9P. The Balaban J connectivity index is 1.65. The average Bonchev–Trinajstić information content (AvgIpc) is 3.19. The van der Waals surface area contributed by atoms with Crippen molar-refractivity contribution in [1.82, 2.24) is 9.55 Å². The lowest BCUT2D eigenvalue weighted by molar-refractivity contribution is -0.200. The van der Waals surface area contributed by atoms with Crippen LogP contribution >= 0.6 is 7.82 Å². The Hall–Kier alpha value is -2.37. The first-order valence-electron chi connectivity index (χ1n) is 9.82. The molecule has 172 valence electrons. The summed E-state index contributed by atoms with van der Waals surface area (Å²) in [5.41, 5.74) is -0.216. The number of aromatic amines is 1. The zero-order chi connectivity index (χ0) is 23.1. The number of phosphoric acid groups is 1. The van der Waals surface area contributed by atoms with Crippen molar-refractivity contribution in [3.63, 3.8) is 0 Å². The number of ether oxygens (including phenoxy) is 3. The molecular weight excluding hydrogens is 443 g/mol. The van der Waals surface area contributed by atoms with Crippen molar-refractivity contribution in [2.75, 3.05) is 6.61 Å². The smallest absolute Gasteiger partial charge is 0.346 e. The van der Waals surface area contributed by atoms with Gasteiger partial charge in [0.1, 0.15) is 18.3 Å². The van der Waals surface area contributed by atoms with Crippen molar-refractivity contribution < 1.29 is 33.1 Å². The van der Waals surface area contributed by atoms with Crippen LogP contribution in [0.2, 0.25) is 0 Å². The van der Waals surface area contributed by atoms with Crippen LogP contribution in [-0.4, -0.2) is 50.0 Å². The van der Waals surface area contributed by atoms with Crippen molar-refractivity contribution in [2.45, 2.75) is 44.2 Å². The summed E-state index contributed by atoms with van der Waals surface area (Å²) in [6.07, 6.45) is 1.20. The van der Waals surface area contributed by atoms with Crippen molar-refractivity contribution in [3.8, 4) is 0 Å². The van der Waals surface area contributed by atoms with Gasteiger partial charge in [-0.25, -0.2) is 9.36 Å². The van der Waals surface area contributed by atoms with Crippen LogP contribution in [0.3, 0.4) is 0 Å². The van der Waals surface area contributed by atoms with Gasteiger partial charge in [-0.05, 0) is 25.5 Å². The number of rotatable bonds is 6. The highest BCUT2D eigenvalue weighted by atomic mass is 31.2. The first kappa shape index (κ1) is 22.8. The third-order valence-corrected chi connectivity index (χ3v) is 5.54. The molecule has 3 N–H and O–H groups in total. The second-order valence-electron chi connectivity index (χ2n) is 7.91. The van der Waals surface area contributed by atoms with E-state index in [1.54, 1.807) is 26.0 Å². The molecule has 0 radical (unpaired) electrons. The lowest BCUT2D eigenvalue weighted by Crippen LogP contribution is -2.38. The highest BCUT2D eigenvalue weighted by molar-refractivity contribution is 7.46. The molecule has 0 aliphatic carbocycles. The fraction of sp³-hybridized carbons (Fsp3) is 0.400. The molecule has 0 bridgehead atoms. The molecule has 2 fully saturated rings. The molecule has 4 rings (SSSR count). The first-order valence-corrected chi connectivity index (χ1v) is 11.4. The van der Waals surface area contributed by atoms with Gasteiger partial charge in [0.25, 0.3) is 5.56 Å². The number of fused-ring (bicyclic) bond motifs is 1. The van der Waals surface area contributed by atoms with Crippen LogP contribution in [0.25, 0.3) is 12.2 Å². The Morgan fingerprint density at radius 1 is 1.16 bits per heavy atom. The van der Waals surface area contributed by atoms with E-state index in [4.69, 9.17) is 24.0 Å². The maximum absolute atomic E-state index is 12.6. The van der Waals surface area contributed by atoms with Gasteiger partial charge in [-0.2, -0.15) is 0 Å². The molecule has 2 aliphatic rings. The maximum Gasteiger partial charge on any atom is 0.469 e. The van der Waals surface area contributed by atoms with Gasteiger partial charge in [0, 0.05) is 6.20 Å². The van der Waals surface area contributed by atoms with E-state index >= 15 is 0 Å². The number of aromatic nitrogens is 2. The Labute approximate surface area is 182 Å². The number of phosphoric ester groups is 1. The fourth-order valence-electron chi connectivity index (χ4n) is 3.75. The van der Waals surface area contributed by atoms with E-state index in [-0.39, 0.29) is 5.56 Å². The number of nitrogens with zero attached hydrogens (tertiary/aromatic N) is 1. The summed E-state index contributed by atoms with van der Waals surface area (Å²) >= 11 is 0. The lowest BCUT2D eigenvalue weighted by atomic mass is 10.1. The molecule has 3 heterocycles. The van der Waals surface area contributed by atoms with E-state index in [2.05, 4.69) is 9.51 Å². The molecule has 4 atom stereocenters. The summed E-state index contributed by atoms with van der Waals surface area (Å²) in [5.74, 6) is -1.01. The van der Waals surface area contributed by atoms with Crippen LogP contribution in [-0.2, 0) is 23.3 Å². The predicted molar refractivity (Wildman–Crippen MR) is 112 cm³/mol. The molecule has 12 heteroatoms. The van der Waals surface area contributed by atoms with Crippen LogP contribution in [0.5, 0.6) is 0 Å². The number of benzene rings is 1. The molecule has 1 aromatic carbocycles. The molecule has 0 saturated carbocycles. The van der Waals surface area contributed by atoms with Crippen LogP contribution in [0.15, 0.2) is 46.1 Å².